The number of para-hydroxylation sites is 1. The third-order valence-corrected chi connectivity index (χ3v) is 4.92. The van der Waals surface area contributed by atoms with Crippen LogP contribution in [0.1, 0.15) is 23.2 Å². The smallest absolute Gasteiger partial charge is 0.253 e. The fraction of sp³-hybridized carbons (Fsp3) is 0.333. The Morgan fingerprint density at radius 1 is 1.04 bits per heavy atom. The Labute approximate surface area is 163 Å². The number of hydrogen-bond donors (Lipinski definition) is 1. The van der Waals surface area contributed by atoms with Gasteiger partial charge in [-0.25, -0.2) is 4.39 Å². The Morgan fingerprint density at radius 2 is 1.71 bits per heavy atom. The molecule has 1 heterocycles. The van der Waals surface area contributed by atoms with Crippen LogP contribution in [0.15, 0.2) is 42.5 Å². The Kier molecular flexibility index (Phi) is 6.13. The van der Waals surface area contributed by atoms with Crippen LogP contribution in [0.4, 0.5) is 10.1 Å². The highest BCUT2D eigenvalue weighted by atomic mass is 19.1. The Morgan fingerprint density at radius 3 is 2.36 bits per heavy atom. The van der Waals surface area contributed by atoms with Gasteiger partial charge in [0.25, 0.3) is 5.91 Å². The molecule has 7 heteroatoms. The zero-order chi connectivity index (χ0) is 20.1. The number of benzene rings is 2. The number of likely N-dealkylation sites (tertiary alicyclic amines) is 1. The van der Waals surface area contributed by atoms with Crippen molar-refractivity contribution >= 4 is 17.5 Å². The summed E-state index contributed by atoms with van der Waals surface area (Å²) in [5.41, 5.74) is 0.684. The highest BCUT2D eigenvalue weighted by Crippen LogP contribution is 2.29. The van der Waals surface area contributed by atoms with Gasteiger partial charge in [-0.3, -0.25) is 9.59 Å². The summed E-state index contributed by atoms with van der Waals surface area (Å²) in [5.74, 6) is -0.00159. The number of amides is 2. The van der Waals surface area contributed by atoms with Crippen molar-refractivity contribution in [3.8, 4) is 11.5 Å². The van der Waals surface area contributed by atoms with Gasteiger partial charge in [0.1, 0.15) is 5.82 Å². The lowest BCUT2D eigenvalue weighted by atomic mass is 9.95. The minimum atomic E-state index is -0.461. The highest BCUT2D eigenvalue weighted by Gasteiger charge is 2.28. The summed E-state index contributed by atoms with van der Waals surface area (Å²) < 4.78 is 24.1. The number of ether oxygens (including phenoxy) is 2. The van der Waals surface area contributed by atoms with Gasteiger partial charge in [0.05, 0.1) is 19.9 Å². The van der Waals surface area contributed by atoms with Crippen LogP contribution in [0.25, 0.3) is 0 Å². The predicted molar refractivity (Wildman–Crippen MR) is 103 cm³/mol. The van der Waals surface area contributed by atoms with E-state index in [1.807, 2.05) is 0 Å². The molecule has 1 aliphatic rings. The summed E-state index contributed by atoms with van der Waals surface area (Å²) in [6, 6.07) is 11.1. The van der Waals surface area contributed by atoms with Crippen LogP contribution in [0.5, 0.6) is 11.5 Å². The molecule has 0 aliphatic carbocycles. The average Bonchev–Trinajstić information content (AvgIpc) is 2.74. The molecule has 0 saturated carbocycles. The van der Waals surface area contributed by atoms with Gasteiger partial charge >= 0.3 is 0 Å². The van der Waals surface area contributed by atoms with Crippen LogP contribution >= 0.6 is 0 Å². The molecule has 3 rings (SSSR count). The number of piperidine rings is 1. The lowest BCUT2D eigenvalue weighted by molar-refractivity contribution is -0.121. The second-order valence-corrected chi connectivity index (χ2v) is 6.61. The first kappa shape index (κ1) is 19.7. The van der Waals surface area contributed by atoms with Crippen molar-refractivity contribution in [2.45, 2.75) is 12.8 Å². The Balaban J connectivity index is 1.59. The molecule has 148 valence electrons. The fourth-order valence-electron chi connectivity index (χ4n) is 3.29. The number of anilines is 1. The molecule has 1 aliphatic heterocycles. The summed E-state index contributed by atoms with van der Waals surface area (Å²) in [6.07, 6.45) is 1.05. The van der Waals surface area contributed by atoms with Crippen LogP contribution in [-0.4, -0.2) is 44.0 Å². The standard InChI is InChI=1S/C21H23FN2O4/c1-27-18-8-7-15(13-19(18)28-2)21(26)24-11-9-14(10-12-24)20(25)23-17-6-4-3-5-16(17)22/h3-8,13-14H,9-12H2,1-2H3,(H,23,25). The normalized spacial score (nSPS) is 14.5. The van der Waals surface area contributed by atoms with Crippen molar-refractivity contribution in [2.75, 3.05) is 32.6 Å². The van der Waals surface area contributed by atoms with Gasteiger partial charge in [0.15, 0.2) is 11.5 Å². The van der Waals surface area contributed by atoms with Crippen LogP contribution in [-0.2, 0) is 4.79 Å². The number of methoxy groups -OCH3 is 2. The first-order valence-corrected chi connectivity index (χ1v) is 9.10. The maximum absolute atomic E-state index is 13.7. The van der Waals surface area contributed by atoms with E-state index >= 15 is 0 Å². The van der Waals surface area contributed by atoms with Gasteiger partial charge in [-0.1, -0.05) is 12.1 Å². The number of halogens is 1. The van der Waals surface area contributed by atoms with E-state index in [1.54, 1.807) is 35.2 Å². The first-order valence-electron chi connectivity index (χ1n) is 9.10. The van der Waals surface area contributed by atoms with Crippen LogP contribution in [0.2, 0.25) is 0 Å². The van der Waals surface area contributed by atoms with Crippen LogP contribution in [0, 0.1) is 11.7 Å². The van der Waals surface area contributed by atoms with Crippen molar-refractivity contribution < 1.29 is 23.5 Å². The summed E-state index contributed by atoms with van der Waals surface area (Å²) in [7, 11) is 3.06. The molecule has 2 aromatic carbocycles. The first-order chi connectivity index (χ1) is 13.5. The molecule has 0 radical (unpaired) electrons. The summed E-state index contributed by atoms with van der Waals surface area (Å²) >= 11 is 0. The van der Waals surface area contributed by atoms with Crippen LogP contribution < -0.4 is 14.8 Å². The lowest BCUT2D eigenvalue weighted by Crippen LogP contribution is -2.41. The van der Waals surface area contributed by atoms with Crippen molar-refractivity contribution in [1.82, 2.24) is 4.90 Å². The van der Waals surface area contributed by atoms with E-state index in [2.05, 4.69) is 5.32 Å². The van der Waals surface area contributed by atoms with Gasteiger partial charge < -0.3 is 19.7 Å². The van der Waals surface area contributed by atoms with Gasteiger partial charge in [-0.05, 0) is 43.2 Å². The van der Waals surface area contributed by atoms with E-state index in [0.717, 1.165) is 0 Å². The maximum Gasteiger partial charge on any atom is 0.253 e. The molecule has 2 amide bonds. The predicted octanol–water partition coefficient (Wildman–Crippen LogP) is 3.33. The van der Waals surface area contributed by atoms with Gasteiger partial charge in [-0.15, -0.1) is 0 Å². The number of rotatable bonds is 5. The molecule has 1 saturated heterocycles. The fourth-order valence-corrected chi connectivity index (χ4v) is 3.29. The molecule has 1 N–H and O–H groups in total. The van der Waals surface area contributed by atoms with E-state index in [9.17, 15) is 14.0 Å². The number of hydrogen-bond acceptors (Lipinski definition) is 4. The molecule has 0 unspecified atom stereocenters. The topological polar surface area (TPSA) is 67.9 Å². The zero-order valence-electron chi connectivity index (χ0n) is 15.9. The number of nitrogens with one attached hydrogen (secondary N) is 1. The Bertz CT molecular complexity index is 863. The molecular weight excluding hydrogens is 363 g/mol. The lowest BCUT2D eigenvalue weighted by Gasteiger charge is -2.31. The van der Waals surface area contributed by atoms with Crippen LogP contribution in [0.3, 0.4) is 0 Å². The Hall–Kier alpha value is -3.09. The minimum Gasteiger partial charge on any atom is -0.493 e. The quantitative estimate of drug-likeness (QED) is 0.856. The monoisotopic (exact) mass is 386 g/mol. The third-order valence-electron chi connectivity index (χ3n) is 4.92. The molecule has 2 aromatic rings. The van der Waals surface area contributed by atoms with E-state index in [1.165, 1.54) is 26.4 Å². The number of carbonyl (C=O) groups excluding carboxylic acids is 2. The number of nitrogens with zero attached hydrogens (tertiary/aromatic N) is 1. The van der Waals surface area contributed by atoms with E-state index in [-0.39, 0.29) is 23.4 Å². The van der Waals surface area contributed by atoms with Crippen molar-refractivity contribution in [2.24, 2.45) is 5.92 Å². The molecule has 6 nitrogen and oxygen atoms in total. The van der Waals surface area contributed by atoms with Crippen molar-refractivity contribution in [1.29, 1.82) is 0 Å². The molecule has 0 spiro atoms. The number of carbonyl (C=O) groups is 2. The van der Waals surface area contributed by atoms with E-state index in [0.29, 0.717) is 43.0 Å². The van der Waals surface area contributed by atoms with Crippen molar-refractivity contribution in [3.63, 3.8) is 0 Å². The van der Waals surface area contributed by atoms with Gasteiger partial charge in [0, 0.05) is 24.6 Å². The molecule has 0 bridgehead atoms. The minimum absolute atomic E-state index is 0.117. The maximum atomic E-state index is 13.7. The van der Waals surface area contributed by atoms with Gasteiger partial charge in [-0.2, -0.15) is 0 Å². The molecule has 0 atom stereocenters. The zero-order valence-corrected chi connectivity index (χ0v) is 15.9. The SMILES string of the molecule is COc1ccc(C(=O)N2CCC(C(=O)Nc3ccccc3F)CC2)cc1OC. The summed E-state index contributed by atoms with van der Waals surface area (Å²) in [4.78, 5) is 26.9. The second kappa shape index (κ2) is 8.73. The average molecular weight is 386 g/mol. The van der Waals surface area contributed by atoms with Gasteiger partial charge in [0.2, 0.25) is 5.91 Å². The summed E-state index contributed by atoms with van der Waals surface area (Å²) in [5, 5.41) is 2.64. The van der Waals surface area contributed by atoms with Crippen molar-refractivity contribution in [3.05, 3.63) is 53.8 Å². The third kappa shape index (κ3) is 4.24. The molecular formula is C21H23FN2O4. The summed E-state index contributed by atoms with van der Waals surface area (Å²) in [6.45, 7) is 0.922. The van der Waals surface area contributed by atoms with E-state index < -0.39 is 5.82 Å². The molecule has 1 fully saturated rings. The highest BCUT2D eigenvalue weighted by molar-refractivity contribution is 5.96. The largest absolute Gasteiger partial charge is 0.493 e. The molecule has 28 heavy (non-hydrogen) atoms. The second-order valence-electron chi connectivity index (χ2n) is 6.61. The molecule has 0 aromatic heterocycles. The van der Waals surface area contributed by atoms with E-state index in [4.69, 9.17) is 9.47 Å².